The van der Waals surface area contributed by atoms with Crippen molar-refractivity contribution in [3.8, 4) is 0 Å². The number of likely N-dealkylation sites (tertiary alicyclic amines) is 1. The monoisotopic (exact) mass is 238 g/mol. The first-order valence-electron chi connectivity index (χ1n) is 7.51. The molecular formula is C15H30N2. The van der Waals surface area contributed by atoms with Gasteiger partial charge in [0.25, 0.3) is 0 Å². The lowest BCUT2D eigenvalue weighted by molar-refractivity contribution is 0.149. The summed E-state index contributed by atoms with van der Waals surface area (Å²) in [6, 6.07) is 2.17. The second-order valence-electron chi connectivity index (χ2n) is 6.91. The molecule has 0 atom stereocenters. The van der Waals surface area contributed by atoms with Gasteiger partial charge in [0, 0.05) is 24.7 Å². The quantitative estimate of drug-likeness (QED) is 0.813. The van der Waals surface area contributed by atoms with Crippen LogP contribution in [0.15, 0.2) is 0 Å². The molecule has 100 valence electrons. The minimum absolute atomic E-state index is 0.643. The van der Waals surface area contributed by atoms with E-state index in [9.17, 15) is 0 Å². The van der Waals surface area contributed by atoms with Gasteiger partial charge >= 0.3 is 0 Å². The second-order valence-corrected chi connectivity index (χ2v) is 6.91. The molecule has 2 nitrogen and oxygen atoms in total. The first-order valence-corrected chi connectivity index (χ1v) is 7.51. The molecule has 2 fully saturated rings. The zero-order valence-corrected chi connectivity index (χ0v) is 12.1. The highest BCUT2D eigenvalue weighted by molar-refractivity contribution is 4.95. The molecule has 0 radical (unpaired) electrons. The summed E-state index contributed by atoms with van der Waals surface area (Å²) in [7, 11) is 0. The Morgan fingerprint density at radius 1 is 1.06 bits per heavy atom. The maximum Gasteiger partial charge on any atom is 0.00698 e. The predicted octanol–water partition coefficient (Wildman–Crippen LogP) is 3.03. The van der Waals surface area contributed by atoms with Gasteiger partial charge in [0.15, 0.2) is 0 Å². The van der Waals surface area contributed by atoms with Crippen molar-refractivity contribution in [3.05, 3.63) is 0 Å². The Bertz CT molecular complexity index is 239. The van der Waals surface area contributed by atoms with Crippen LogP contribution in [-0.4, -0.2) is 36.1 Å². The van der Waals surface area contributed by atoms with Gasteiger partial charge in [-0.25, -0.2) is 0 Å². The van der Waals surface area contributed by atoms with E-state index < -0.39 is 0 Å². The summed E-state index contributed by atoms with van der Waals surface area (Å²) in [6.07, 6.45) is 7.12. The van der Waals surface area contributed by atoms with Crippen molar-refractivity contribution >= 4 is 0 Å². The third-order valence-corrected chi connectivity index (χ3v) is 4.81. The average Bonchev–Trinajstić information content (AvgIpc) is 2.66. The molecule has 0 aromatic carbocycles. The fraction of sp³-hybridized carbons (Fsp3) is 1.00. The van der Waals surface area contributed by atoms with Crippen molar-refractivity contribution in [1.29, 1.82) is 0 Å². The van der Waals surface area contributed by atoms with Gasteiger partial charge in [-0.15, -0.1) is 0 Å². The van der Waals surface area contributed by atoms with Gasteiger partial charge in [-0.05, 0) is 57.9 Å². The second kappa shape index (κ2) is 5.27. The lowest BCUT2D eigenvalue weighted by Crippen LogP contribution is -2.42. The van der Waals surface area contributed by atoms with Crippen LogP contribution < -0.4 is 5.32 Å². The minimum atomic E-state index is 0.643. The molecule has 2 heteroatoms. The maximum atomic E-state index is 3.71. The molecule has 0 unspecified atom stereocenters. The minimum Gasteiger partial charge on any atom is -0.312 e. The first kappa shape index (κ1) is 13.4. The van der Waals surface area contributed by atoms with E-state index in [0.29, 0.717) is 11.5 Å². The summed E-state index contributed by atoms with van der Waals surface area (Å²) in [4.78, 5) is 2.68. The van der Waals surface area contributed by atoms with Crippen LogP contribution in [0.1, 0.15) is 59.8 Å². The van der Waals surface area contributed by atoms with Crippen molar-refractivity contribution < 1.29 is 0 Å². The van der Waals surface area contributed by atoms with Gasteiger partial charge in [0.2, 0.25) is 0 Å². The summed E-state index contributed by atoms with van der Waals surface area (Å²) in [6.45, 7) is 11.9. The fourth-order valence-corrected chi connectivity index (χ4v) is 3.69. The molecule has 1 saturated heterocycles. The normalized spacial score (nSPS) is 35.3. The highest BCUT2D eigenvalue weighted by Gasteiger charge is 2.41. The molecule has 0 amide bonds. The number of hydrogen-bond donors (Lipinski definition) is 1. The van der Waals surface area contributed by atoms with E-state index in [1.165, 1.54) is 45.2 Å². The van der Waals surface area contributed by atoms with Gasteiger partial charge in [-0.2, -0.15) is 0 Å². The molecule has 2 rings (SSSR count). The smallest absolute Gasteiger partial charge is 0.00698 e. The molecule has 1 N–H and O–H groups in total. The van der Waals surface area contributed by atoms with Crippen molar-refractivity contribution in [2.24, 2.45) is 5.41 Å². The molecule has 0 bridgehead atoms. The zero-order valence-electron chi connectivity index (χ0n) is 12.1. The molecule has 17 heavy (non-hydrogen) atoms. The molecule has 1 saturated carbocycles. The van der Waals surface area contributed by atoms with E-state index >= 15 is 0 Å². The van der Waals surface area contributed by atoms with E-state index in [2.05, 4.69) is 37.9 Å². The number of nitrogens with zero attached hydrogens (tertiary/aromatic N) is 1. The summed E-state index contributed by atoms with van der Waals surface area (Å²) >= 11 is 0. The molecule has 1 aliphatic carbocycles. The van der Waals surface area contributed by atoms with Crippen LogP contribution in [0.3, 0.4) is 0 Å². The van der Waals surface area contributed by atoms with Crippen LogP contribution in [0.2, 0.25) is 0 Å². The van der Waals surface area contributed by atoms with Gasteiger partial charge in [0.1, 0.15) is 0 Å². The van der Waals surface area contributed by atoms with E-state index in [1.54, 1.807) is 0 Å². The Kier molecular flexibility index (Phi) is 4.14. The van der Waals surface area contributed by atoms with Crippen molar-refractivity contribution in [2.45, 2.75) is 77.9 Å². The van der Waals surface area contributed by atoms with Gasteiger partial charge in [-0.1, -0.05) is 13.8 Å². The Balaban J connectivity index is 1.82. The van der Waals surface area contributed by atoms with Crippen molar-refractivity contribution in [3.63, 3.8) is 0 Å². The molecular weight excluding hydrogens is 208 g/mol. The van der Waals surface area contributed by atoms with Gasteiger partial charge < -0.3 is 10.2 Å². The predicted molar refractivity (Wildman–Crippen MR) is 74.3 cm³/mol. The van der Waals surface area contributed by atoms with Crippen molar-refractivity contribution in [2.75, 3.05) is 13.1 Å². The lowest BCUT2D eigenvalue weighted by atomic mass is 9.72. The summed E-state index contributed by atoms with van der Waals surface area (Å²) < 4.78 is 0. The van der Waals surface area contributed by atoms with Crippen molar-refractivity contribution in [1.82, 2.24) is 10.2 Å². The number of nitrogens with one attached hydrogen (secondary N) is 1. The number of hydrogen-bond acceptors (Lipinski definition) is 2. The van der Waals surface area contributed by atoms with Crippen LogP contribution >= 0.6 is 0 Å². The topological polar surface area (TPSA) is 15.3 Å². The summed E-state index contributed by atoms with van der Waals surface area (Å²) in [5.74, 6) is 0. The zero-order chi connectivity index (χ0) is 12.5. The molecule has 1 heterocycles. The van der Waals surface area contributed by atoms with Crippen LogP contribution in [-0.2, 0) is 0 Å². The van der Waals surface area contributed by atoms with Crippen LogP contribution in [0.25, 0.3) is 0 Å². The third kappa shape index (κ3) is 3.23. The molecule has 1 aliphatic heterocycles. The SMILES string of the molecule is CC(C)NC1CCC2(CC1)CCN(C(C)C)C2. The van der Waals surface area contributed by atoms with Crippen LogP contribution in [0.4, 0.5) is 0 Å². The average molecular weight is 238 g/mol. The molecule has 1 spiro atoms. The standard InChI is InChI=1S/C15H30N2/c1-12(2)16-14-5-7-15(8-6-14)9-10-17(11-15)13(3)4/h12-14,16H,5-11H2,1-4H3. The highest BCUT2D eigenvalue weighted by Crippen LogP contribution is 2.44. The Hall–Kier alpha value is -0.0800. The fourth-order valence-electron chi connectivity index (χ4n) is 3.69. The first-order chi connectivity index (χ1) is 8.01. The van der Waals surface area contributed by atoms with Gasteiger partial charge in [-0.3, -0.25) is 0 Å². The molecule has 0 aromatic rings. The Morgan fingerprint density at radius 2 is 1.71 bits per heavy atom. The maximum absolute atomic E-state index is 3.71. The van der Waals surface area contributed by atoms with E-state index in [1.807, 2.05) is 0 Å². The molecule has 2 aliphatic rings. The van der Waals surface area contributed by atoms with Gasteiger partial charge in [0.05, 0.1) is 0 Å². The van der Waals surface area contributed by atoms with E-state index in [4.69, 9.17) is 0 Å². The Labute approximate surface area is 107 Å². The number of rotatable bonds is 3. The largest absolute Gasteiger partial charge is 0.312 e. The summed E-state index contributed by atoms with van der Waals surface area (Å²) in [5, 5.41) is 3.71. The third-order valence-electron chi connectivity index (χ3n) is 4.81. The van der Waals surface area contributed by atoms with Crippen LogP contribution in [0, 0.1) is 5.41 Å². The Morgan fingerprint density at radius 3 is 2.18 bits per heavy atom. The van der Waals surface area contributed by atoms with Crippen LogP contribution in [0.5, 0.6) is 0 Å². The summed E-state index contributed by atoms with van der Waals surface area (Å²) in [5.41, 5.74) is 0.680. The lowest BCUT2D eigenvalue weighted by Gasteiger charge is -2.38. The highest BCUT2D eigenvalue weighted by atomic mass is 15.2. The van der Waals surface area contributed by atoms with E-state index in [-0.39, 0.29) is 0 Å². The van der Waals surface area contributed by atoms with E-state index in [0.717, 1.165) is 12.1 Å². The molecule has 0 aromatic heterocycles.